The van der Waals surface area contributed by atoms with Crippen LogP contribution in [0.1, 0.15) is 33.4 Å². The highest BCUT2D eigenvalue weighted by atomic mass is 19.1. The average molecular weight is 340 g/mol. The van der Waals surface area contributed by atoms with Gasteiger partial charge in [-0.05, 0) is 26.8 Å². The van der Waals surface area contributed by atoms with Crippen molar-refractivity contribution >= 4 is 16.9 Å². The summed E-state index contributed by atoms with van der Waals surface area (Å²) in [6, 6.07) is 2.54. The molecule has 7 nitrogen and oxygen atoms in total. The topological polar surface area (TPSA) is 76.8 Å². The normalized spacial score (nSPS) is 14.0. The van der Waals surface area contributed by atoms with Gasteiger partial charge in [0.25, 0.3) is 5.91 Å². The van der Waals surface area contributed by atoms with E-state index in [-0.39, 0.29) is 11.5 Å². The molecule has 3 heterocycles. The number of hydrogen-bond donors (Lipinski definition) is 0. The smallest absolute Gasteiger partial charge is 0.256 e. The van der Waals surface area contributed by atoms with Gasteiger partial charge in [0, 0.05) is 19.2 Å². The second kappa shape index (κ2) is 5.58. The molecule has 4 rings (SSSR count). The van der Waals surface area contributed by atoms with Crippen LogP contribution in [0.15, 0.2) is 12.1 Å². The molecule has 8 heteroatoms. The number of carbonyl (C=O) groups is 1. The van der Waals surface area contributed by atoms with Crippen molar-refractivity contribution in [2.75, 3.05) is 6.54 Å². The zero-order valence-electron chi connectivity index (χ0n) is 14.2. The van der Waals surface area contributed by atoms with Gasteiger partial charge in [-0.25, -0.2) is 14.4 Å². The quantitative estimate of drug-likeness (QED) is 0.677. The largest absolute Gasteiger partial charge is 0.329 e. The highest BCUT2D eigenvalue weighted by Gasteiger charge is 2.26. The van der Waals surface area contributed by atoms with Gasteiger partial charge < -0.3 is 9.47 Å². The number of carbonyl (C=O) groups excluding carboxylic acids is 1. The highest BCUT2D eigenvalue weighted by molar-refractivity contribution is 6.04. The number of rotatable bonds is 1. The summed E-state index contributed by atoms with van der Waals surface area (Å²) in [4.78, 5) is 23.5. The molecule has 0 aliphatic carbocycles. The first kappa shape index (κ1) is 15.6. The van der Waals surface area contributed by atoms with E-state index in [0.29, 0.717) is 30.7 Å². The van der Waals surface area contributed by atoms with Crippen molar-refractivity contribution in [3.8, 4) is 0 Å². The predicted molar refractivity (Wildman–Crippen MR) is 88.5 cm³/mol. The van der Waals surface area contributed by atoms with Crippen molar-refractivity contribution in [2.45, 2.75) is 33.9 Å². The molecule has 0 unspecified atom stereocenters. The number of aromatic nitrogens is 5. The fourth-order valence-corrected chi connectivity index (χ4v) is 3.11. The summed E-state index contributed by atoms with van der Waals surface area (Å²) in [5.41, 5.74) is 2.50. The molecule has 25 heavy (non-hydrogen) atoms. The Hall–Kier alpha value is -2.90. The zero-order valence-corrected chi connectivity index (χ0v) is 14.2. The van der Waals surface area contributed by atoms with Gasteiger partial charge in [-0.3, -0.25) is 4.79 Å². The van der Waals surface area contributed by atoms with Crippen molar-refractivity contribution in [1.29, 1.82) is 0 Å². The molecular weight excluding hydrogens is 323 g/mol. The van der Waals surface area contributed by atoms with Crippen LogP contribution >= 0.6 is 0 Å². The van der Waals surface area contributed by atoms with Crippen LogP contribution in [0.3, 0.4) is 0 Å². The summed E-state index contributed by atoms with van der Waals surface area (Å²) in [5, 5.41) is 8.15. The first-order valence-electron chi connectivity index (χ1n) is 8.06. The van der Waals surface area contributed by atoms with E-state index in [2.05, 4.69) is 20.2 Å². The molecule has 1 aromatic carbocycles. The molecule has 0 radical (unpaired) electrons. The summed E-state index contributed by atoms with van der Waals surface area (Å²) < 4.78 is 16.0. The minimum absolute atomic E-state index is 0.232. The number of hydrogen-bond acceptors (Lipinski definition) is 5. The molecule has 0 bridgehead atoms. The third-order valence-electron chi connectivity index (χ3n) is 4.60. The number of amides is 1. The minimum Gasteiger partial charge on any atom is -0.329 e. The number of aryl methyl sites for hydroxylation is 3. The number of nitrogens with zero attached hydrogens (tertiary/aromatic N) is 6. The van der Waals surface area contributed by atoms with E-state index in [9.17, 15) is 9.18 Å². The molecule has 1 aliphatic heterocycles. The van der Waals surface area contributed by atoms with Gasteiger partial charge in [0.05, 0.1) is 29.0 Å². The maximum atomic E-state index is 14.0. The van der Waals surface area contributed by atoms with Gasteiger partial charge >= 0.3 is 0 Å². The molecule has 1 amide bonds. The maximum absolute atomic E-state index is 14.0. The van der Waals surface area contributed by atoms with Gasteiger partial charge in [0.1, 0.15) is 17.2 Å². The molecule has 0 spiro atoms. The predicted octanol–water partition coefficient (Wildman–Crippen LogP) is 1.94. The van der Waals surface area contributed by atoms with Gasteiger partial charge in [-0.1, -0.05) is 0 Å². The van der Waals surface area contributed by atoms with Crippen LogP contribution < -0.4 is 0 Å². The standard InChI is InChI=1S/C17H17FN6O/c1-9-10(2)20-16-13(6-12(18)7-14(16)19-9)17(25)23-4-5-24-11(3)21-22-15(24)8-23/h6-7H,4-5,8H2,1-3H3. The second-order valence-corrected chi connectivity index (χ2v) is 6.26. The molecular formula is C17H17FN6O. The SMILES string of the molecule is Cc1nc2cc(F)cc(C(=O)N3CCn4c(C)nnc4C3)c2nc1C. The molecule has 0 saturated carbocycles. The molecule has 2 aromatic heterocycles. The van der Waals surface area contributed by atoms with Crippen LogP contribution in [0.2, 0.25) is 0 Å². The van der Waals surface area contributed by atoms with Crippen molar-refractivity contribution in [2.24, 2.45) is 0 Å². The van der Waals surface area contributed by atoms with Crippen molar-refractivity contribution in [1.82, 2.24) is 29.6 Å². The first-order valence-corrected chi connectivity index (χ1v) is 8.06. The Bertz CT molecular complexity index is 1010. The summed E-state index contributed by atoms with van der Waals surface area (Å²) in [7, 11) is 0. The number of benzene rings is 1. The molecule has 0 fully saturated rings. The van der Waals surface area contributed by atoms with E-state index in [1.54, 1.807) is 4.90 Å². The Morgan fingerprint density at radius 2 is 1.84 bits per heavy atom. The third kappa shape index (κ3) is 2.54. The fraction of sp³-hybridized carbons (Fsp3) is 0.353. The van der Waals surface area contributed by atoms with Crippen LogP contribution in [0.5, 0.6) is 0 Å². The van der Waals surface area contributed by atoms with E-state index in [4.69, 9.17) is 0 Å². The molecule has 0 N–H and O–H groups in total. The Morgan fingerprint density at radius 1 is 1.08 bits per heavy atom. The molecule has 128 valence electrons. The summed E-state index contributed by atoms with van der Waals surface area (Å²) in [6.07, 6.45) is 0. The van der Waals surface area contributed by atoms with Crippen molar-refractivity contribution in [3.63, 3.8) is 0 Å². The lowest BCUT2D eigenvalue weighted by Crippen LogP contribution is -2.38. The minimum atomic E-state index is -0.496. The van der Waals surface area contributed by atoms with Crippen molar-refractivity contribution in [3.05, 3.63) is 46.6 Å². The monoisotopic (exact) mass is 340 g/mol. The summed E-state index contributed by atoms with van der Waals surface area (Å²) in [5.74, 6) is 0.796. The van der Waals surface area contributed by atoms with Gasteiger partial charge in [-0.15, -0.1) is 10.2 Å². The van der Waals surface area contributed by atoms with Gasteiger partial charge in [0.15, 0.2) is 5.82 Å². The van der Waals surface area contributed by atoms with E-state index in [0.717, 1.165) is 23.0 Å². The Morgan fingerprint density at radius 3 is 2.64 bits per heavy atom. The van der Waals surface area contributed by atoms with E-state index >= 15 is 0 Å². The molecule has 3 aromatic rings. The lowest BCUT2D eigenvalue weighted by molar-refractivity contribution is 0.0708. The zero-order chi connectivity index (χ0) is 17.7. The Kier molecular flexibility index (Phi) is 3.48. The highest BCUT2D eigenvalue weighted by Crippen LogP contribution is 2.22. The lowest BCUT2D eigenvalue weighted by atomic mass is 10.1. The van der Waals surface area contributed by atoms with Crippen LogP contribution in [0.25, 0.3) is 11.0 Å². The summed E-state index contributed by atoms with van der Waals surface area (Å²) in [6.45, 7) is 7.00. The van der Waals surface area contributed by atoms with E-state index in [1.165, 1.54) is 12.1 Å². The summed E-state index contributed by atoms with van der Waals surface area (Å²) >= 11 is 0. The second-order valence-electron chi connectivity index (χ2n) is 6.26. The van der Waals surface area contributed by atoms with Crippen LogP contribution in [-0.4, -0.2) is 42.1 Å². The molecule has 0 atom stereocenters. The Labute approximate surface area is 143 Å². The lowest BCUT2D eigenvalue weighted by Gasteiger charge is -2.28. The first-order chi connectivity index (χ1) is 11.9. The molecule has 1 aliphatic rings. The molecule has 0 saturated heterocycles. The van der Waals surface area contributed by atoms with Crippen LogP contribution in [0, 0.1) is 26.6 Å². The maximum Gasteiger partial charge on any atom is 0.256 e. The van der Waals surface area contributed by atoms with Crippen LogP contribution in [0.4, 0.5) is 4.39 Å². The van der Waals surface area contributed by atoms with Crippen LogP contribution in [-0.2, 0) is 13.1 Å². The van der Waals surface area contributed by atoms with E-state index < -0.39 is 5.82 Å². The number of fused-ring (bicyclic) bond motifs is 2. The average Bonchev–Trinajstić information content (AvgIpc) is 2.96. The number of halogens is 1. The van der Waals surface area contributed by atoms with E-state index in [1.807, 2.05) is 25.3 Å². The van der Waals surface area contributed by atoms with Crippen molar-refractivity contribution < 1.29 is 9.18 Å². The third-order valence-corrected chi connectivity index (χ3v) is 4.60. The fourth-order valence-electron chi connectivity index (χ4n) is 3.11. The Balaban J connectivity index is 1.77. The van der Waals surface area contributed by atoms with Gasteiger partial charge in [-0.2, -0.15) is 0 Å². The van der Waals surface area contributed by atoms with Gasteiger partial charge in [0.2, 0.25) is 0 Å².